The van der Waals surface area contributed by atoms with Crippen molar-refractivity contribution in [1.29, 1.82) is 0 Å². The molecule has 1 unspecified atom stereocenters. The van der Waals surface area contributed by atoms with E-state index in [1.807, 2.05) is 33.8 Å². The quantitative estimate of drug-likeness (QED) is 0.808. The van der Waals surface area contributed by atoms with E-state index in [9.17, 15) is 5.11 Å². The second-order valence-electron chi connectivity index (χ2n) is 5.78. The average Bonchev–Trinajstić information content (AvgIpc) is 2.48. The fraction of sp³-hybridized carbons (Fsp3) is 0.615. The Labute approximate surface area is 108 Å². The molecule has 1 aliphatic heterocycles. The number of hydrogen-bond acceptors (Lipinski definition) is 4. The predicted molar refractivity (Wildman–Crippen MR) is 70.6 cm³/mol. The predicted octanol–water partition coefficient (Wildman–Crippen LogP) is 1.43. The van der Waals surface area contributed by atoms with Gasteiger partial charge in [0.05, 0.1) is 23.0 Å². The Morgan fingerprint density at radius 1 is 1.17 bits per heavy atom. The molecule has 2 rings (SSSR count). The number of hydrogen-bond donors (Lipinski definition) is 1. The molecule has 1 aromatic rings. The Balaban J connectivity index is 2.19. The zero-order chi connectivity index (χ0) is 13.6. The summed E-state index contributed by atoms with van der Waals surface area (Å²) in [5, 5.41) is 9.42. The third-order valence-corrected chi connectivity index (χ3v) is 3.76. The third kappa shape index (κ3) is 2.30. The summed E-state index contributed by atoms with van der Waals surface area (Å²) in [6.45, 7) is 9.77. The molecule has 0 aromatic carbocycles. The van der Waals surface area contributed by atoms with E-state index in [0.717, 1.165) is 5.46 Å². The van der Waals surface area contributed by atoms with E-state index in [-0.39, 0.29) is 11.2 Å². The van der Waals surface area contributed by atoms with Crippen LogP contribution in [-0.4, -0.2) is 28.4 Å². The standard InChI is InChI=1S/C13H20BNO3/c1-9(16)11-7-6-10(8-15-11)14-17-12(2,3)13(4,5)18-14/h6-9,16H,1-5H3/i9+2. The number of nitrogens with zero attached hydrogens (tertiary/aromatic N) is 1. The summed E-state index contributed by atoms with van der Waals surface area (Å²) >= 11 is 0. The highest BCUT2D eigenvalue weighted by atomic mass is 16.7. The van der Waals surface area contributed by atoms with Gasteiger partial charge in [0.25, 0.3) is 0 Å². The first-order valence-corrected chi connectivity index (χ1v) is 6.22. The lowest BCUT2D eigenvalue weighted by molar-refractivity contribution is 0.00578. The Hall–Kier alpha value is -0.905. The first kappa shape index (κ1) is 13.5. The zero-order valence-electron chi connectivity index (χ0n) is 11.6. The van der Waals surface area contributed by atoms with Crippen LogP contribution in [0.4, 0.5) is 0 Å². The molecule has 0 saturated carbocycles. The molecule has 4 nitrogen and oxygen atoms in total. The number of aliphatic hydroxyl groups is 1. The van der Waals surface area contributed by atoms with Gasteiger partial charge in [0, 0.05) is 11.7 Å². The molecule has 2 heterocycles. The maximum atomic E-state index is 9.42. The van der Waals surface area contributed by atoms with Crippen molar-refractivity contribution < 1.29 is 14.4 Å². The molecule has 1 saturated heterocycles. The SMILES string of the molecule is C[14CH](O)c1ccc(B2OC(C)(C)C(C)(C)O2)cn1. The highest BCUT2D eigenvalue weighted by Crippen LogP contribution is 2.36. The fourth-order valence-electron chi connectivity index (χ4n) is 1.78. The van der Waals surface area contributed by atoms with E-state index in [1.165, 1.54) is 0 Å². The average molecular weight is 251 g/mol. The smallest absolute Gasteiger partial charge is 0.399 e. The van der Waals surface area contributed by atoms with Crippen LogP contribution in [0, 0.1) is 0 Å². The van der Waals surface area contributed by atoms with Gasteiger partial charge in [-0.3, -0.25) is 4.98 Å². The van der Waals surface area contributed by atoms with Crippen molar-refractivity contribution in [2.75, 3.05) is 0 Å². The van der Waals surface area contributed by atoms with E-state index in [2.05, 4.69) is 4.98 Å². The Morgan fingerprint density at radius 2 is 1.72 bits per heavy atom. The zero-order valence-corrected chi connectivity index (χ0v) is 11.6. The van der Waals surface area contributed by atoms with E-state index in [0.29, 0.717) is 5.69 Å². The number of pyridine rings is 1. The summed E-state index contributed by atoms with van der Waals surface area (Å²) in [4.78, 5) is 4.21. The maximum absolute atomic E-state index is 9.42. The van der Waals surface area contributed by atoms with Crippen LogP contribution in [0.3, 0.4) is 0 Å². The molecular weight excluding hydrogens is 231 g/mol. The molecule has 1 aliphatic rings. The van der Waals surface area contributed by atoms with Gasteiger partial charge >= 0.3 is 7.12 Å². The van der Waals surface area contributed by atoms with Gasteiger partial charge in [-0.15, -0.1) is 0 Å². The summed E-state index contributed by atoms with van der Waals surface area (Å²) in [6.07, 6.45) is 1.14. The van der Waals surface area contributed by atoms with Crippen LogP contribution in [0.2, 0.25) is 0 Å². The monoisotopic (exact) mass is 251 g/mol. The van der Waals surface area contributed by atoms with Crippen molar-refractivity contribution >= 4 is 12.6 Å². The van der Waals surface area contributed by atoms with E-state index in [4.69, 9.17) is 9.31 Å². The minimum atomic E-state index is -0.558. The number of aromatic nitrogens is 1. The Bertz CT molecular complexity index is 412. The van der Waals surface area contributed by atoms with Crippen LogP contribution < -0.4 is 5.46 Å². The first-order valence-electron chi connectivity index (χ1n) is 6.22. The highest BCUT2D eigenvalue weighted by molar-refractivity contribution is 6.62. The van der Waals surface area contributed by atoms with Crippen LogP contribution in [0.1, 0.15) is 46.4 Å². The van der Waals surface area contributed by atoms with Crippen LogP contribution >= 0.6 is 0 Å². The van der Waals surface area contributed by atoms with Gasteiger partial charge in [0.2, 0.25) is 0 Å². The van der Waals surface area contributed by atoms with Gasteiger partial charge in [-0.2, -0.15) is 0 Å². The fourth-order valence-corrected chi connectivity index (χ4v) is 1.78. The van der Waals surface area contributed by atoms with Gasteiger partial charge in [-0.05, 0) is 40.7 Å². The van der Waals surface area contributed by atoms with Crippen LogP contribution in [0.25, 0.3) is 0 Å². The molecule has 0 radical (unpaired) electrons. The summed E-state index contributed by atoms with van der Waals surface area (Å²) in [6, 6.07) is 3.68. The largest absolute Gasteiger partial charge is 0.496 e. The molecule has 1 aromatic heterocycles. The lowest BCUT2D eigenvalue weighted by Gasteiger charge is -2.32. The minimum Gasteiger partial charge on any atom is -0.399 e. The molecule has 0 aliphatic carbocycles. The maximum Gasteiger partial charge on any atom is 0.496 e. The van der Waals surface area contributed by atoms with Crippen LogP contribution in [-0.2, 0) is 9.31 Å². The summed E-state index contributed by atoms with van der Waals surface area (Å²) in [5.41, 5.74) is 0.828. The lowest BCUT2D eigenvalue weighted by Crippen LogP contribution is -2.41. The highest BCUT2D eigenvalue weighted by Gasteiger charge is 2.51. The molecule has 1 N–H and O–H groups in total. The molecule has 0 bridgehead atoms. The molecule has 0 spiro atoms. The van der Waals surface area contributed by atoms with Gasteiger partial charge in [0.15, 0.2) is 0 Å². The minimum absolute atomic E-state index is 0.347. The van der Waals surface area contributed by atoms with Crippen molar-refractivity contribution in [3.8, 4) is 0 Å². The number of aliphatic hydroxyl groups excluding tert-OH is 1. The third-order valence-electron chi connectivity index (χ3n) is 3.76. The first-order chi connectivity index (χ1) is 8.23. The molecule has 5 heteroatoms. The Morgan fingerprint density at radius 3 is 2.11 bits per heavy atom. The summed E-state index contributed by atoms with van der Waals surface area (Å²) in [7, 11) is -0.398. The van der Waals surface area contributed by atoms with Gasteiger partial charge in [-0.25, -0.2) is 0 Å². The molecule has 1 atom stereocenters. The van der Waals surface area contributed by atoms with E-state index >= 15 is 0 Å². The molecule has 98 valence electrons. The van der Waals surface area contributed by atoms with Crippen molar-refractivity contribution in [3.63, 3.8) is 0 Å². The molecule has 1 fully saturated rings. The lowest BCUT2D eigenvalue weighted by atomic mass is 9.80. The second-order valence-corrected chi connectivity index (χ2v) is 5.78. The van der Waals surface area contributed by atoms with Crippen LogP contribution in [0.15, 0.2) is 18.3 Å². The summed E-state index contributed by atoms with van der Waals surface area (Å²) < 4.78 is 11.9. The molecular formula is C13H20BNO3. The molecule has 18 heavy (non-hydrogen) atoms. The topological polar surface area (TPSA) is 51.6 Å². The van der Waals surface area contributed by atoms with E-state index < -0.39 is 13.2 Å². The van der Waals surface area contributed by atoms with Crippen molar-refractivity contribution in [1.82, 2.24) is 4.98 Å². The van der Waals surface area contributed by atoms with Crippen LogP contribution in [0.5, 0.6) is 0 Å². The second kappa shape index (κ2) is 4.33. The van der Waals surface area contributed by atoms with Crippen molar-refractivity contribution in [2.45, 2.75) is 51.9 Å². The molecule has 0 amide bonds. The van der Waals surface area contributed by atoms with Gasteiger partial charge in [0.1, 0.15) is 0 Å². The van der Waals surface area contributed by atoms with E-state index in [1.54, 1.807) is 19.2 Å². The van der Waals surface area contributed by atoms with Gasteiger partial charge < -0.3 is 14.4 Å². The summed E-state index contributed by atoms with van der Waals surface area (Å²) in [5.74, 6) is 0. The van der Waals surface area contributed by atoms with Crippen molar-refractivity contribution in [3.05, 3.63) is 24.0 Å². The normalized spacial score (nSPS) is 23.1. The Kier molecular flexibility index (Phi) is 3.26. The van der Waals surface area contributed by atoms with Gasteiger partial charge in [-0.1, -0.05) is 6.07 Å². The van der Waals surface area contributed by atoms with Crippen molar-refractivity contribution in [2.24, 2.45) is 0 Å². The number of rotatable bonds is 2.